The van der Waals surface area contributed by atoms with E-state index < -0.39 is 23.7 Å². The van der Waals surface area contributed by atoms with Crippen LogP contribution in [0.5, 0.6) is 0 Å². The van der Waals surface area contributed by atoms with Crippen LogP contribution in [-0.2, 0) is 9.53 Å². The number of hydrogen-bond acceptors (Lipinski definition) is 4. The molecular weight excluding hydrogens is 395 g/mol. The Morgan fingerprint density at radius 2 is 1.61 bits per heavy atom. The number of rotatable bonds is 5. The first-order valence-electron chi connectivity index (χ1n) is 9.67. The van der Waals surface area contributed by atoms with Crippen molar-refractivity contribution in [3.05, 3.63) is 102 Å². The lowest BCUT2D eigenvalue weighted by atomic mass is 10.0. The minimum Gasteiger partial charge on any atom is -0.467 e. The zero-order valence-electron chi connectivity index (χ0n) is 16.7. The minimum absolute atomic E-state index is 0.286. The van der Waals surface area contributed by atoms with Gasteiger partial charge in [0.1, 0.15) is 5.82 Å². The number of para-hydroxylation sites is 1. The number of hydrogen-bond donors (Lipinski definition) is 1. The number of fused-ring (bicyclic) bond motifs is 1. The Balaban J connectivity index is 1.80. The van der Waals surface area contributed by atoms with Crippen molar-refractivity contribution in [1.82, 2.24) is 10.3 Å². The second kappa shape index (κ2) is 8.75. The highest BCUT2D eigenvalue weighted by Gasteiger charge is 2.25. The lowest BCUT2D eigenvalue weighted by Gasteiger charge is -2.18. The zero-order chi connectivity index (χ0) is 21.8. The highest BCUT2D eigenvalue weighted by molar-refractivity contribution is 6.08. The van der Waals surface area contributed by atoms with Crippen LogP contribution >= 0.6 is 0 Å². The Kier molecular flexibility index (Phi) is 5.71. The number of amides is 1. The first kappa shape index (κ1) is 20.2. The molecule has 1 amide bonds. The zero-order valence-corrected chi connectivity index (χ0v) is 16.7. The summed E-state index contributed by atoms with van der Waals surface area (Å²) in [5.41, 5.74) is 2.04. The Hall–Kier alpha value is -4.06. The van der Waals surface area contributed by atoms with Gasteiger partial charge >= 0.3 is 5.97 Å². The largest absolute Gasteiger partial charge is 0.467 e. The van der Waals surface area contributed by atoms with Crippen LogP contribution < -0.4 is 5.32 Å². The smallest absolute Gasteiger partial charge is 0.333 e. The van der Waals surface area contributed by atoms with Crippen LogP contribution in [0, 0.1) is 5.82 Å². The third-order valence-corrected chi connectivity index (χ3v) is 4.96. The number of ether oxygens (including phenoxy) is 1. The first-order valence-corrected chi connectivity index (χ1v) is 9.67. The Morgan fingerprint density at radius 1 is 0.935 bits per heavy atom. The van der Waals surface area contributed by atoms with Crippen LogP contribution in [0.3, 0.4) is 0 Å². The van der Waals surface area contributed by atoms with E-state index in [9.17, 15) is 14.0 Å². The predicted octanol–water partition coefficient (Wildman–Crippen LogP) is 4.69. The molecule has 4 aromatic rings. The number of nitrogens with zero attached hydrogens (tertiary/aromatic N) is 1. The molecule has 0 aliphatic rings. The molecule has 0 saturated heterocycles. The fraction of sp³-hybridized carbons (Fsp3) is 0.0800. The van der Waals surface area contributed by atoms with Crippen molar-refractivity contribution < 1.29 is 18.7 Å². The normalized spacial score (nSPS) is 11.7. The number of aromatic nitrogens is 1. The van der Waals surface area contributed by atoms with Gasteiger partial charge < -0.3 is 10.1 Å². The molecule has 0 aliphatic carbocycles. The second-order valence-electron chi connectivity index (χ2n) is 6.89. The summed E-state index contributed by atoms with van der Waals surface area (Å²) in [5.74, 6) is -1.52. The van der Waals surface area contributed by atoms with E-state index in [1.165, 1.54) is 19.2 Å². The Morgan fingerprint density at radius 3 is 2.35 bits per heavy atom. The quantitative estimate of drug-likeness (QED) is 0.481. The van der Waals surface area contributed by atoms with Gasteiger partial charge in [-0.15, -0.1) is 0 Å². The number of carbonyl (C=O) groups is 2. The molecule has 1 aromatic heterocycles. The third-order valence-electron chi connectivity index (χ3n) is 4.96. The molecule has 1 N–H and O–H groups in total. The van der Waals surface area contributed by atoms with E-state index in [0.29, 0.717) is 22.2 Å². The molecule has 154 valence electrons. The summed E-state index contributed by atoms with van der Waals surface area (Å²) in [4.78, 5) is 30.2. The third kappa shape index (κ3) is 4.14. The Labute approximate surface area is 178 Å². The molecule has 0 fully saturated rings. The molecule has 0 unspecified atom stereocenters. The number of esters is 1. The lowest BCUT2D eigenvalue weighted by molar-refractivity contribution is -0.143. The van der Waals surface area contributed by atoms with E-state index in [1.54, 1.807) is 66.7 Å². The maximum atomic E-state index is 14.4. The number of nitrogens with one attached hydrogen (secondary N) is 1. The Bertz CT molecular complexity index is 1260. The van der Waals surface area contributed by atoms with Crippen molar-refractivity contribution in [2.75, 3.05) is 7.11 Å². The maximum Gasteiger partial charge on any atom is 0.333 e. The number of halogens is 1. The summed E-state index contributed by atoms with van der Waals surface area (Å²) in [6.45, 7) is 0. The fourth-order valence-corrected chi connectivity index (χ4v) is 3.42. The van der Waals surface area contributed by atoms with Crippen LogP contribution in [-0.4, -0.2) is 24.0 Å². The van der Waals surface area contributed by atoms with Gasteiger partial charge in [-0.1, -0.05) is 60.7 Å². The number of pyridine rings is 1. The average Bonchev–Trinajstić information content (AvgIpc) is 2.82. The van der Waals surface area contributed by atoms with Crippen LogP contribution in [0.2, 0.25) is 0 Å². The molecule has 5 nitrogen and oxygen atoms in total. The number of methoxy groups -OCH3 is 1. The molecule has 1 atom stereocenters. The summed E-state index contributed by atoms with van der Waals surface area (Å²) in [6.07, 6.45) is 0. The summed E-state index contributed by atoms with van der Waals surface area (Å²) >= 11 is 0. The van der Waals surface area contributed by atoms with Crippen molar-refractivity contribution >= 4 is 22.8 Å². The highest BCUT2D eigenvalue weighted by atomic mass is 19.1. The highest BCUT2D eigenvalue weighted by Crippen LogP contribution is 2.27. The van der Waals surface area contributed by atoms with Gasteiger partial charge in [0.2, 0.25) is 0 Å². The molecule has 3 aromatic carbocycles. The molecule has 0 saturated carbocycles. The van der Waals surface area contributed by atoms with E-state index in [4.69, 9.17) is 4.74 Å². The molecule has 1 heterocycles. The van der Waals surface area contributed by atoms with Gasteiger partial charge in [-0.25, -0.2) is 14.2 Å². The van der Waals surface area contributed by atoms with Crippen LogP contribution in [0.25, 0.3) is 22.2 Å². The van der Waals surface area contributed by atoms with Crippen LogP contribution in [0.4, 0.5) is 4.39 Å². The van der Waals surface area contributed by atoms with Gasteiger partial charge in [0.15, 0.2) is 6.04 Å². The number of carbonyl (C=O) groups excluding carboxylic acids is 2. The van der Waals surface area contributed by atoms with E-state index in [2.05, 4.69) is 10.3 Å². The van der Waals surface area contributed by atoms with Gasteiger partial charge in [-0.3, -0.25) is 4.79 Å². The van der Waals surface area contributed by atoms with Crippen molar-refractivity contribution in [2.24, 2.45) is 0 Å². The van der Waals surface area contributed by atoms with Gasteiger partial charge in [-0.2, -0.15) is 0 Å². The SMILES string of the molecule is COC(=O)[C@H](NC(=O)c1cc(-c2ccccc2F)nc2ccccc12)c1ccccc1. The monoisotopic (exact) mass is 414 g/mol. The topological polar surface area (TPSA) is 68.3 Å². The van der Waals surface area contributed by atoms with Gasteiger partial charge in [0.25, 0.3) is 5.91 Å². The molecule has 6 heteroatoms. The van der Waals surface area contributed by atoms with E-state index in [-0.39, 0.29) is 11.1 Å². The van der Waals surface area contributed by atoms with Gasteiger partial charge in [-0.05, 0) is 29.8 Å². The van der Waals surface area contributed by atoms with E-state index in [0.717, 1.165) is 0 Å². The van der Waals surface area contributed by atoms with Crippen molar-refractivity contribution in [3.8, 4) is 11.3 Å². The fourth-order valence-electron chi connectivity index (χ4n) is 3.42. The predicted molar refractivity (Wildman–Crippen MR) is 116 cm³/mol. The average molecular weight is 414 g/mol. The summed E-state index contributed by atoms with van der Waals surface area (Å²) in [7, 11) is 1.27. The molecule has 0 spiro atoms. The molecule has 31 heavy (non-hydrogen) atoms. The summed E-state index contributed by atoms with van der Waals surface area (Å²) < 4.78 is 19.3. The molecular formula is C25H19FN2O3. The maximum absolute atomic E-state index is 14.4. The number of benzene rings is 3. The minimum atomic E-state index is -0.984. The van der Waals surface area contributed by atoms with Gasteiger partial charge in [0, 0.05) is 10.9 Å². The van der Waals surface area contributed by atoms with E-state index >= 15 is 0 Å². The molecule has 0 aliphatic heterocycles. The second-order valence-corrected chi connectivity index (χ2v) is 6.89. The van der Waals surface area contributed by atoms with E-state index in [1.807, 2.05) is 6.07 Å². The first-order chi connectivity index (χ1) is 15.1. The summed E-state index contributed by atoms with van der Waals surface area (Å²) in [5, 5.41) is 3.34. The molecule has 0 bridgehead atoms. The van der Waals surface area contributed by atoms with Crippen molar-refractivity contribution in [2.45, 2.75) is 6.04 Å². The van der Waals surface area contributed by atoms with Crippen molar-refractivity contribution in [1.29, 1.82) is 0 Å². The van der Waals surface area contributed by atoms with Crippen LogP contribution in [0.1, 0.15) is 22.0 Å². The summed E-state index contributed by atoms with van der Waals surface area (Å²) in [6, 6.07) is 22.7. The van der Waals surface area contributed by atoms with Gasteiger partial charge in [0.05, 0.1) is 23.9 Å². The molecule has 4 rings (SSSR count). The molecule has 0 radical (unpaired) electrons. The standard InChI is InChI=1S/C25H19FN2O3/c1-31-25(30)23(16-9-3-2-4-10-16)28-24(29)19-15-22(18-12-5-7-13-20(18)26)27-21-14-8-6-11-17(19)21/h2-15,23H,1H3,(H,28,29)/t23-/m1/s1. The van der Waals surface area contributed by atoms with Crippen LogP contribution in [0.15, 0.2) is 84.9 Å². The van der Waals surface area contributed by atoms with Crippen molar-refractivity contribution in [3.63, 3.8) is 0 Å². The lowest BCUT2D eigenvalue weighted by Crippen LogP contribution is -2.34.